The monoisotopic (exact) mass is 239 g/mol. The van der Waals surface area contributed by atoms with Gasteiger partial charge in [0.15, 0.2) is 0 Å². The van der Waals surface area contributed by atoms with E-state index in [0.717, 1.165) is 0 Å². The molecule has 0 saturated heterocycles. The van der Waals surface area contributed by atoms with E-state index in [0.29, 0.717) is 11.3 Å². The average Bonchev–Trinajstić information content (AvgIpc) is 2.28. The van der Waals surface area contributed by atoms with Crippen molar-refractivity contribution in [1.29, 1.82) is 0 Å². The Morgan fingerprint density at radius 1 is 1.47 bits per heavy atom. The summed E-state index contributed by atoms with van der Waals surface area (Å²) in [4.78, 5) is 10.7. The van der Waals surface area contributed by atoms with E-state index in [2.05, 4.69) is 10.6 Å². The van der Waals surface area contributed by atoms with Crippen molar-refractivity contribution in [2.75, 3.05) is 18.9 Å². The number of amides is 2. The predicted octanol–water partition coefficient (Wildman–Crippen LogP) is -0.209. The molecule has 2 atom stereocenters. The average molecular weight is 239 g/mol. The largest absolute Gasteiger partial charge is 0.389 e. The molecule has 94 valence electrons. The number of rotatable bonds is 5. The Morgan fingerprint density at radius 2 is 2.18 bits per heavy atom. The van der Waals surface area contributed by atoms with Gasteiger partial charge < -0.3 is 26.6 Å². The molecule has 1 rings (SSSR count). The topological polar surface area (TPSA) is 108 Å². The van der Waals surface area contributed by atoms with Crippen LogP contribution in [0.1, 0.15) is 11.7 Å². The van der Waals surface area contributed by atoms with Crippen LogP contribution in [0, 0.1) is 0 Å². The van der Waals surface area contributed by atoms with Crippen LogP contribution in [0.25, 0.3) is 0 Å². The van der Waals surface area contributed by atoms with Crippen molar-refractivity contribution in [3.63, 3.8) is 0 Å². The second-order valence-electron chi connectivity index (χ2n) is 3.68. The zero-order valence-electron chi connectivity index (χ0n) is 9.55. The third kappa shape index (κ3) is 4.03. The molecule has 0 bridgehead atoms. The summed E-state index contributed by atoms with van der Waals surface area (Å²) in [5.74, 6) is 0. The molecule has 0 aliphatic carbocycles. The van der Waals surface area contributed by atoms with Crippen molar-refractivity contribution in [3.8, 4) is 0 Å². The smallest absolute Gasteiger partial charge is 0.316 e. The van der Waals surface area contributed by atoms with Gasteiger partial charge in [-0.05, 0) is 24.7 Å². The Morgan fingerprint density at radius 3 is 2.76 bits per heavy atom. The summed E-state index contributed by atoms with van der Waals surface area (Å²) in [6, 6.07) is 5.86. The lowest BCUT2D eigenvalue weighted by Crippen LogP contribution is -2.29. The van der Waals surface area contributed by atoms with Crippen molar-refractivity contribution in [2.24, 2.45) is 5.73 Å². The number of benzene rings is 1. The van der Waals surface area contributed by atoms with Gasteiger partial charge >= 0.3 is 6.03 Å². The Labute approximate surface area is 99.4 Å². The van der Waals surface area contributed by atoms with Crippen molar-refractivity contribution >= 4 is 11.7 Å². The summed E-state index contributed by atoms with van der Waals surface area (Å²) in [7, 11) is 1.68. The summed E-state index contributed by atoms with van der Waals surface area (Å²) >= 11 is 0. The Hall–Kier alpha value is -1.63. The molecule has 2 unspecified atom stereocenters. The van der Waals surface area contributed by atoms with Gasteiger partial charge in [-0.3, -0.25) is 0 Å². The SMILES string of the molecule is CNCC(O)C(O)c1cccc(NC(N)=O)c1. The highest BCUT2D eigenvalue weighted by Crippen LogP contribution is 2.20. The quantitative estimate of drug-likeness (QED) is 0.490. The first kappa shape index (κ1) is 13.4. The van der Waals surface area contributed by atoms with Crippen LogP contribution in [0.5, 0.6) is 0 Å². The number of hydrogen-bond acceptors (Lipinski definition) is 4. The molecule has 0 aliphatic heterocycles. The zero-order chi connectivity index (χ0) is 12.8. The van der Waals surface area contributed by atoms with E-state index in [4.69, 9.17) is 5.73 Å². The van der Waals surface area contributed by atoms with Crippen LogP contribution in [-0.2, 0) is 0 Å². The molecule has 6 nitrogen and oxygen atoms in total. The summed E-state index contributed by atoms with van der Waals surface area (Å²) < 4.78 is 0. The fourth-order valence-corrected chi connectivity index (χ4v) is 1.49. The van der Waals surface area contributed by atoms with E-state index >= 15 is 0 Å². The van der Waals surface area contributed by atoms with Crippen LogP contribution in [0.4, 0.5) is 10.5 Å². The number of nitrogens with two attached hydrogens (primary N) is 1. The molecule has 2 amide bonds. The maximum Gasteiger partial charge on any atom is 0.316 e. The molecule has 0 aliphatic rings. The van der Waals surface area contributed by atoms with E-state index in [1.54, 1.807) is 31.3 Å². The third-order valence-corrected chi connectivity index (χ3v) is 2.27. The number of urea groups is 1. The molecule has 0 spiro atoms. The minimum absolute atomic E-state index is 0.272. The van der Waals surface area contributed by atoms with Gasteiger partial charge in [0.1, 0.15) is 6.10 Å². The molecule has 0 radical (unpaired) electrons. The number of likely N-dealkylation sites (N-methyl/N-ethyl adjacent to an activating group) is 1. The summed E-state index contributed by atoms with van der Waals surface area (Å²) in [6.45, 7) is 0.272. The molecule has 6 heteroatoms. The van der Waals surface area contributed by atoms with E-state index in [9.17, 15) is 15.0 Å². The normalized spacial score (nSPS) is 14.1. The molecule has 17 heavy (non-hydrogen) atoms. The van der Waals surface area contributed by atoms with E-state index in [1.807, 2.05) is 0 Å². The van der Waals surface area contributed by atoms with Gasteiger partial charge in [-0.15, -0.1) is 0 Å². The maximum atomic E-state index is 10.7. The van der Waals surface area contributed by atoms with Crippen molar-refractivity contribution in [3.05, 3.63) is 29.8 Å². The molecule has 1 aromatic rings. The van der Waals surface area contributed by atoms with E-state index < -0.39 is 18.2 Å². The minimum Gasteiger partial charge on any atom is -0.389 e. The van der Waals surface area contributed by atoms with Crippen LogP contribution in [0.3, 0.4) is 0 Å². The van der Waals surface area contributed by atoms with Crippen LogP contribution >= 0.6 is 0 Å². The van der Waals surface area contributed by atoms with Gasteiger partial charge in [0, 0.05) is 12.2 Å². The van der Waals surface area contributed by atoms with Gasteiger partial charge in [-0.1, -0.05) is 12.1 Å². The number of anilines is 1. The first-order valence-corrected chi connectivity index (χ1v) is 5.21. The second-order valence-corrected chi connectivity index (χ2v) is 3.68. The molecule has 6 N–H and O–H groups in total. The first-order valence-electron chi connectivity index (χ1n) is 5.21. The number of carbonyl (C=O) groups excluding carboxylic acids is 1. The summed E-state index contributed by atoms with van der Waals surface area (Å²) in [5, 5.41) is 24.6. The van der Waals surface area contributed by atoms with E-state index in [-0.39, 0.29) is 6.54 Å². The van der Waals surface area contributed by atoms with Crippen LogP contribution < -0.4 is 16.4 Å². The Balaban J connectivity index is 2.79. The first-order chi connectivity index (χ1) is 8.04. The summed E-state index contributed by atoms with van der Waals surface area (Å²) in [5.41, 5.74) is 5.98. The standard InChI is InChI=1S/C11H17N3O3/c1-13-6-9(15)10(16)7-3-2-4-8(5-7)14-11(12)17/h2-5,9-10,13,15-16H,6H2,1H3,(H3,12,14,17). The summed E-state index contributed by atoms with van der Waals surface area (Å²) in [6.07, 6.45) is -1.93. The van der Waals surface area contributed by atoms with Crippen molar-refractivity contribution in [2.45, 2.75) is 12.2 Å². The van der Waals surface area contributed by atoms with Gasteiger partial charge in [0.25, 0.3) is 0 Å². The molecule has 0 fully saturated rings. The lowest BCUT2D eigenvalue weighted by atomic mass is 10.0. The van der Waals surface area contributed by atoms with Crippen LogP contribution in [-0.4, -0.2) is 35.9 Å². The predicted molar refractivity (Wildman–Crippen MR) is 64.5 cm³/mol. The lowest BCUT2D eigenvalue weighted by molar-refractivity contribution is 0.0203. The number of aliphatic hydroxyl groups excluding tert-OH is 2. The second kappa shape index (κ2) is 6.19. The maximum absolute atomic E-state index is 10.7. The Kier molecular flexibility index (Phi) is 4.89. The van der Waals surface area contributed by atoms with Crippen molar-refractivity contribution < 1.29 is 15.0 Å². The van der Waals surface area contributed by atoms with Gasteiger partial charge in [-0.2, -0.15) is 0 Å². The third-order valence-electron chi connectivity index (χ3n) is 2.27. The number of carbonyl (C=O) groups is 1. The molecular weight excluding hydrogens is 222 g/mol. The highest BCUT2D eigenvalue weighted by Gasteiger charge is 2.17. The van der Waals surface area contributed by atoms with E-state index in [1.165, 1.54) is 0 Å². The lowest BCUT2D eigenvalue weighted by Gasteiger charge is -2.18. The number of hydrogen-bond donors (Lipinski definition) is 5. The molecule has 0 saturated carbocycles. The van der Waals surface area contributed by atoms with Gasteiger partial charge in [-0.25, -0.2) is 4.79 Å². The number of aliphatic hydroxyl groups is 2. The fourth-order valence-electron chi connectivity index (χ4n) is 1.49. The molecule has 0 aromatic heterocycles. The molecular formula is C11H17N3O3. The van der Waals surface area contributed by atoms with Crippen molar-refractivity contribution in [1.82, 2.24) is 5.32 Å². The van der Waals surface area contributed by atoms with Crippen LogP contribution in [0.2, 0.25) is 0 Å². The zero-order valence-corrected chi connectivity index (χ0v) is 9.55. The highest BCUT2D eigenvalue weighted by atomic mass is 16.3. The fraction of sp³-hybridized carbons (Fsp3) is 0.364. The van der Waals surface area contributed by atoms with Crippen LogP contribution in [0.15, 0.2) is 24.3 Å². The minimum atomic E-state index is -1.02. The Bertz CT molecular complexity index is 384. The molecule has 0 heterocycles. The number of primary amides is 1. The highest BCUT2D eigenvalue weighted by molar-refractivity contribution is 5.87. The van der Waals surface area contributed by atoms with Gasteiger partial charge in [0.05, 0.1) is 6.10 Å². The van der Waals surface area contributed by atoms with Gasteiger partial charge in [0.2, 0.25) is 0 Å². The molecule has 1 aromatic carbocycles. The number of nitrogens with one attached hydrogen (secondary N) is 2.